The highest BCUT2D eigenvalue weighted by Crippen LogP contribution is 2.30. The number of ether oxygens (including phenoxy) is 1. The van der Waals surface area contributed by atoms with Gasteiger partial charge in [0.15, 0.2) is 0 Å². The highest BCUT2D eigenvalue weighted by Gasteiger charge is 2.14. The Morgan fingerprint density at radius 1 is 0.571 bits per heavy atom. The summed E-state index contributed by atoms with van der Waals surface area (Å²) in [6.45, 7) is 0. The number of nitrogens with zero attached hydrogens (tertiary/aromatic N) is 1. The van der Waals surface area contributed by atoms with Gasteiger partial charge in [-0.25, -0.2) is 9.78 Å². The minimum absolute atomic E-state index is 0.366. The van der Waals surface area contributed by atoms with Crippen LogP contribution >= 0.6 is 0 Å². The average Bonchev–Trinajstić information content (AvgIpc) is 3.06. The zero-order valence-corrected chi connectivity index (χ0v) is 23.1. The third kappa shape index (κ3) is 4.93. The van der Waals surface area contributed by atoms with Gasteiger partial charge in [0.1, 0.15) is 0 Å². The zero-order valence-electron chi connectivity index (χ0n) is 23.1. The second kappa shape index (κ2) is 10.8. The van der Waals surface area contributed by atoms with Gasteiger partial charge in [0.05, 0.1) is 23.9 Å². The predicted octanol–water partition coefficient (Wildman–Crippen LogP) is 9.83. The Morgan fingerprint density at radius 2 is 1.14 bits per heavy atom. The van der Waals surface area contributed by atoms with Gasteiger partial charge in [0.25, 0.3) is 0 Å². The minimum Gasteiger partial charge on any atom is -0.465 e. The number of rotatable bonds is 5. The molecule has 0 bridgehead atoms. The summed E-state index contributed by atoms with van der Waals surface area (Å²) in [5.41, 5.74) is 7.59. The van der Waals surface area contributed by atoms with E-state index in [1.165, 1.54) is 39.8 Å². The van der Waals surface area contributed by atoms with Gasteiger partial charge in [-0.3, -0.25) is 0 Å². The lowest BCUT2D eigenvalue weighted by molar-refractivity contribution is 0.0603. The SMILES string of the molecule is COC(=O)c1cc(-c2ccc(-c3ccc4cc(C=Cc5ccc6ccccc6c5)ccc4c3)cc2)nc2ccccc12. The van der Waals surface area contributed by atoms with E-state index in [0.29, 0.717) is 5.56 Å². The molecule has 0 fully saturated rings. The van der Waals surface area contributed by atoms with Crippen LogP contribution in [0.25, 0.3) is 67.0 Å². The fourth-order valence-electron chi connectivity index (χ4n) is 5.49. The van der Waals surface area contributed by atoms with Crippen LogP contribution in [0.3, 0.4) is 0 Å². The molecule has 0 atom stereocenters. The summed E-state index contributed by atoms with van der Waals surface area (Å²) >= 11 is 0. The number of hydrogen-bond donors (Lipinski definition) is 0. The van der Waals surface area contributed by atoms with E-state index in [0.717, 1.165) is 33.3 Å². The lowest BCUT2D eigenvalue weighted by Crippen LogP contribution is -2.03. The molecule has 7 aromatic rings. The summed E-state index contributed by atoms with van der Waals surface area (Å²) in [5.74, 6) is -0.366. The van der Waals surface area contributed by atoms with Crippen molar-refractivity contribution in [2.75, 3.05) is 7.11 Å². The number of esters is 1. The molecular weight excluding hydrogens is 514 g/mol. The van der Waals surface area contributed by atoms with Crippen LogP contribution in [-0.2, 0) is 4.74 Å². The van der Waals surface area contributed by atoms with Crippen LogP contribution in [0.15, 0.2) is 133 Å². The normalized spacial score (nSPS) is 11.5. The Kier molecular flexibility index (Phi) is 6.54. The molecule has 3 heteroatoms. The van der Waals surface area contributed by atoms with E-state index in [9.17, 15) is 4.79 Å². The first-order chi connectivity index (χ1) is 20.6. The molecule has 7 rings (SSSR count). The molecule has 1 aromatic heterocycles. The van der Waals surface area contributed by atoms with Gasteiger partial charge in [-0.2, -0.15) is 0 Å². The fraction of sp³-hybridized carbons (Fsp3) is 0.0256. The molecule has 0 saturated heterocycles. The third-order valence-corrected chi connectivity index (χ3v) is 7.74. The summed E-state index contributed by atoms with van der Waals surface area (Å²) < 4.78 is 5.03. The van der Waals surface area contributed by atoms with Crippen molar-refractivity contribution in [3.8, 4) is 22.4 Å². The summed E-state index contributed by atoms with van der Waals surface area (Å²) in [5, 5.41) is 5.68. The maximum atomic E-state index is 12.5. The van der Waals surface area contributed by atoms with Crippen LogP contribution in [0.5, 0.6) is 0 Å². The number of carbonyl (C=O) groups is 1. The van der Waals surface area contributed by atoms with Crippen molar-refractivity contribution >= 4 is 50.6 Å². The molecule has 0 aliphatic carbocycles. The zero-order chi connectivity index (χ0) is 28.5. The largest absolute Gasteiger partial charge is 0.465 e. The van der Waals surface area contributed by atoms with E-state index < -0.39 is 0 Å². The van der Waals surface area contributed by atoms with Crippen LogP contribution in [-0.4, -0.2) is 18.1 Å². The van der Waals surface area contributed by atoms with Crippen molar-refractivity contribution < 1.29 is 9.53 Å². The van der Waals surface area contributed by atoms with E-state index in [2.05, 4.69) is 115 Å². The van der Waals surface area contributed by atoms with Crippen LogP contribution < -0.4 is 0 Å². The van der Waals surface area contributed by atoms with Crippen molar-refractivity contribution in [2.24, 2.45) is 0 Å². The van der Waals surface area contributed by atoms with Crippen molar-refractivity contribution in [1.82, 2.24) is 4.98 Å². The molecule has 3 nitrogen and oxygen atoms in total. The Labute approximate surface area is 244 Å². The Balaban J connectivity index is 1.14. The van der Waals surface area contributed by atoms with Crippen molar-refractivity contribution in [3.05, 3.63) is 150 Å². The predicted molar refractivity (Wildman–Crippen MR) is 174 cm³/mol. The molecule has 0 unspecified atom stereocenters. The van der Waals surface area contributed by atoms with E-state index >= 15 is 0 Å². The summed E-state index contributed by atoms with van der Waals surface area (Å²) in [7, 11) is 1.40. The van der Waals surface area contributed by atoms with Crippen molar-refractivity contribution in [2.45, 2.75) is 0 Å². The van der Waals surface area contributed by atoms with Crippen LogP contribution in [0.1, 0.15) is 21.5 Å². The van der Waals surface area contributed by atoms with Gasteiger partial charge in [0.2, 0.25) is 0 Å². The van der Waals surface area contributed by atoms with Gasteiger partial charge < -0.3 is 4.74 Å². The summed E-state index contributed by atoms with van der Waals surface area (Å²) in [4.78, 5) is 17.3. The molecule has 42 heavy (non-hydrogen) atoms. The molecule has 6 aromatic carbocycles. The smallest absolute Gasteiger partial charge is 0.338 e. The van der Waals surface area contributed by atoms with Crippen LogP contribution in [0, 0.1) is 0 Å². The Hall–Kier alpha value is -5.54. The number of methoxy groups -OCH3 is 1. The highest BCUT2D eigenvalue weighted by atomic mass is 16.5. The Bertz CT molecular complexity index is 2140. The molecule has 1 heterocycles. The maximum Gasteiger partial charge on any atom is 0.338 e. The van der Waals surface area contributed by atoms with Gasteiger partial charge in [-0.15, -0.1) is 0 Å². The number of carbonyl (C=O) groups excluding carboxylic acids is 1. The average molecular weight is 542 g/mol. The molecule has 0 radical (unpaired) electrons. The van der Waals surface area contributed by atoms with Crippen molar-refractivity contribution in [1.29, 1.82) is 0 Å². The lowest BCUT2D eigenvalue weighted by atomic mass is 9.98. The van der Waals surface area contributed by atoms with Crippen LogP contribution in [0.4, 0.5) is 0 Å². The molecular formula is C39H27NO2. The first kappa shape index (κ1) is 25.4. The second-order valence-electron chi connectivity index (χ2n) is 10.4. The number of aromatic nitrogens is 1. The number of benzene rings is 6. The van der Waals surface area contributed by atoms with E-state index in [-0.39, 0.29) is 5.97 Å². The maximum absolute atomic E-state index is 12.5. The topological polar surface area (TPSA) is 39.2 Å². The summed E-state index contributed by atoms with van der Waals surface area (Å²) in [6.07, 6.45) is 4.34. The van der Waals surface area contributed by atoms with E-state index in [1.54, 1.807) is 0 Å². The fourth-order valence-corrected chi connectivity index (χ4v) is 5.49. The van der Waals surface area contributed by atoms with Gasteiger partial charge in [-0.1, -0.05) is 115 Å². The number of para-hydroxylation sites is 1. The number of fused-ring (bicyclic) bond motifs is 3. The molecule has 0 aliphatic heterocycles. The minimum atomic E-state index is -0.366. The number of pyridine rings is 1. The van der Waals surface area contributed by atoms with E-state index in [1.807, 2.05) is 30.3 Å². The molecule has 0 N–H and O–H groups in total. The van der Waals surface area contributed by atoms with Crippen LogP contribution in [0.2, 0.25) is 0 Å². The van der Waals surface area contributed by atoms with Gasteiger partial charge in [-0.05, 0) is 74.1 Å². The highest BCUT2D eigenvalue weighted by molar-refractivity contribution is 6.04. The summed E-state index contributed by atoms with van der Waals surface area (Å²) in [6, 6.07) is 45.9. The number of hydrogen-bond acceptors (Lipinski definition) is 3. The molecule has 0 spiro atoms. The van der Waals surface area contributed by atoms with Gasteiger partial charge >= 0.3 is 5.97 Å². The van der Waals surface area contributed by atoms with E-state index in [4.69, 9.17) is 9.72 Å². The molecule has 0 amide bonds. The third-order valence-electron chi connectivity index (χ3n) is 7.74. The monoisotopic (exact) mass is 541 g/mol. The van der Waals surface area contributed by atoms with Crippen molar-refractivity contribution in [3.63, 3.8) is 0 Å². The first-order valence-electron chi connectivity index (χ1n) is 13.9. The first-order valence-corrected chi connectivity index (χ1v) is 13.9. The second-order valence-corrected chi connectivity index (χ2v) is 10.4. The molecule has 200 valence electrons. The Morgan fingerprint density at radius 3 is 1.90 bits per heavy atom. The molecule has 0 saturated carbocycles. The lowest BCUT2D eigenvalue weighted by Gasteiger charge is -2.10. The quantitative estimate of drug-likeness (QED) is 0.161. The standard InChI is InChI=1S/C39H27NO2/c1-42-39(41)36-25-38(40-37-9-5-4-8-35(36)37)30-18-16-29(17-19-30)33-21-20-32-23-27(13-15-34(32)24-33)11-10-26-12-14-28-6-2-3-7-31(28)22-26/h2-25H,1H3. The molecule has 0 aliphatic rings. The van der Waals surface area contributed by atoms with Gasteiger partial charge in [0, 0.05) is 10.9 Å².